The van der Waals surface area contributed by atoms with Crippen molar-refractivity contribution >= 4 is 45.7 Å². The molecular weight excluding hydrogens is 481 g/mol. The lowest BCUT2D eigenvalue weighted by Crippen LogP contribution is -2.16. The number of nitro groups is 2. The molecule has 0 radical (unpaired) electrons. The lowest BCUT2D eigenvalue weighted by atomic mass is 10.2. The molecule has 0 aliphatic carbocycles. The fourth-order valence-electron chi connectivity index (χ4n) is 2.49. The number of carbonyl (C=O) groups is 1. The molecule has 1 N–H and O–H groups in total. The van der Waals surface area contributed by atoms with E-state index in [0.717, 1.165) is 0 Å². The number of non-ortho nitro benzene ring substituents is 2. The molecule has 11 heteroatoms. The quantitative estimate of drug-likeness (QED) is 0.326. The summed E-state index contributed by atoms with van der Waals surface area (Å²) in [6, 6.07) is 11.3. The molecule has 0 aliphatic rings. The summed E-state index contributed by atoms with van der Waals surface area (Å²) in [5.41, 5.74) is 1.03. The second-order valence-corrected chi connectivity index (χ2v) is 6.89. The number of nitrogens with one attached hydrogen (secondary N) is 1. The Bertz CT molecular complexity index is 1090. The second-order valence-electron chi connectivity index (χ2n) is 5.73. The zero-order valence-electron chi connectivity index (χ0n) is 14.3. The van der Waals surface area contributed by atoms with Gasteiger partial charge in [0.15, 0.2) is 0 Å². The molecule has 10 nitrogen and oxygen atoms in total. The van der Waals surface area contributed by atoms with Crippen molar-refractivity contribution in [3.05, 3.63) is 83.6 Å². The third-order valence-electron chi connectivity index (χ3n) is 3.78. The number of halogens is 1. The van der Waals surface area contributed by atoms with Crippen LogP contribution in [0, 0.1) is 30.7 Å². The molecule has 28 heavy (non-hydrogen) atoms. The van der Waals surface area contributed by atoms with Crippen molar-refractivity contribution in [2.75, 3.05) is 5.32 Å². The maximum atomic E-state index is 12.7. The van der Waals surface area contributed by atoms with E-state index in [2.05, 4.69) is 10.4 Å². The zero-order valence-corrected chi connectivity index (χ0v) is 16.5. The minimum absolute atomic E-state index is 0.0654. The van der Waals surface area contributed by atoms with Crippen LogP contribution in [0.25, 0.3) is 5.69 Å². The minimum atomic E-state index is -0.571. The van der Waals surface area contributed by atoms with Gasteiger partial charge in [0.05, 0.1) is 26.8 Å². The van der Waals surface area contributed by atoms with Gasteiger partial charge in [-0.3, -0.25) is 25.0 Å². The number of hydrogen-bond acceptors (Lipinski definition) is 6. The average Bonchev–Trinajstić information content (AvgIpc) is 3.02. The number of nitro benzene ring substituents is 2. The normalized spacial score (nSPS) is 10.5. The molecule has 0 atom stereocenters. The van der Waals surface area contributed by atoms with Gasteiger partial charge in [-0.2, -0.15) is 5.10 Å². The van der Waals surface area contributed by atoms with E-state index in [0.29, 0.717) is 20.8 Å². The van der Waals surface area contributed by atoms with E-state index in [9.17, 15) is 25.0 Å². The minimum Gasteiger partial charge on any atom is -0.306 e. The second kappa shape index (κ2) is 7.72. The highest BCUT2D eigenvalue weighted by atomic mass is 127. The smallest absolute Gasteiger partial charge is 0.270 e. The lowest BCUT2D eigenvalue weighted by Gasteiger charge is -2.10. The van der Waals surface area contributed by atoms with E-state index in [1.807, 2.05) is 22.6 Å². The maximum absolute atomic E-state index is 12.7. The van der Waals surface area contributed by atoms with Crippen molar-refractivity contribution in [2.45, 2.75) is 6.92 Å². The van der Waals surface area contributed by atoms with Gasteiger partial charge in [-0.05, 0) is 47.7 Å². The molecule has 0 unspecified atom stereocenters. The molecule has 0 saturated carbocycles. The summed E-state index contributed by atoms with van der Waals surface area (Å²) in [5.74, 6) is -0.199. The van der Waals surface area contributed by atoms with Crippen molar-refractivity contribution in [2.24, 2.45) is 0 Å². The van der Waals surface area contributed by atoms with Gasteiger partial charge in [-0.15, -0.1) is 0 Å². The number of nitrogens with zero attached hydrogens (tertiary/aromatic N) is 4. The zero-order chi connectivity index (χ0) is 20.4. The molecule has 0 saturated heterocycles. The van der Waals surface area contributed by atoms with E-state index in [-0.39, 0.29) is 16.9 Å². The summed E-state index contributed by atoms with van der Waals surface area (Å²) >= 11 is 1.92. The molecule has 1 heterocycles. The molecule has 0 fully saturated rings. The van der Waals surface area contributed by atoms with E-state index >= 15 is 0 Å². The summed E-state index contributed by atoms with van der Waals surface area (Å²) < 4.78 is 1.99. The number of hydrogen-bond donors (Lipinski definition) is 1. The van der Waals surface area contributed by atoms with E-state index in [1.165, 1.54) is 47.1 Å². The largest absolute Gasteiger partial charge is 0.306 e. The lowest BCUT2D eigenvalue weighted by molar-refractivity contribution is -0.385. The first-order valence-electron chi connectivity index (χ1n) is 7.83. The number of aromatic nitrogens is 2. The summed E-state index contributed by atoms with van der Waals surface area (Å²) in [5, 5.41) is 28.8. The summed E-state index contributed by atoms with van der Waals surface area (Å²) in [6.45, 7) is 1.73. The number of rotatable bonds is 5. The summed E-state index contributed by atoms with van der Waals surface area (Å²) in [7, 11) is 0. The number of aryl methyl sites for hydroxylation is 1. The Kier molecular flexibility index (Phi) is 5.35. The molecule has 1 aromatic heterocycles. The van der Waals surface area contributed by atoms with Crippen LogP contribution in [0.3, 0.4) is 0 Å². The Hall–Kier alpha value is -3.35. The van der Waals surface area contributed by atoms with Gasteiger partial charge < -0.3 is 5.32 Å². The number of anilines is 1. The van der Waals surface area contributed by atoms with E-state index < -0.39 is 15.8 Å². The number of amides is 1. The number of carbonyl (C=O) groups excluding carboxylic acids is 1. The predicted molar refractivity (Wildman–Crippen MR) is 109 cm³/mol. The van der Waals surface area contributed by atoms with Gasteiger partial charge in [0.2, 0.25) is 0 Å². The fraction of sp³-hybridized carbons (Fsp3) is 0.0588. The molecule has 0 spiro atoms. The van der Waals surface area contributed by atoms with Gasteiger partial charge in [-0.1, -0.05) is 0 Å². The van der Waals surface area contributed by atoms with Crippen molar-refractivity contribution in [1.82, 2.24) is 9.78 Å². The van der Waals surface area contributed by atoms with Crippen LogP contribution in [0.5, 0.6) is 0 Å². The molecule has 0 bridgehead atoms. The van der Waals surface area contributed by atoms with E-state index in [4.69, 9.17) is 0 Å². The van der Waals surface area contributed by atoms with Crippen LogP contribution in [0.15, 0.2) is 48.5 Å². The van der Waals surface area contributed by atoms with Crippen molar-refractivity contribution < 1.29 is 14.6 Å². The molecular formula is C17H12IN5O5. The highest BCUT2D eigenvalue weighted by Crippen LogP contribution is 2.23. The monoisotopic (exact) mass is 493 g/mol. The predicted octanol–water partition coefficient (Wildman–Crippen LogP) is 3.85. The van der Waals surface area contributed by atoms with Crippen LogP contribution in [0.2, 0.25) is 0 Å². The molecule has 2 aromatic carbocycles. The highest BCUT2D eigenvalue weighted by molar-refractivity contribution is 14.1. The Labute approximate surface area is 171 Å². The van der Waals surface area contributed by atoms with Crippen LogP contribution in [-0.4, -0.2) is 25.5 Å². The SMILES string of the molecule is Cc1cc(NC(=O)c2cc([N+](=O)[O-])ccc2I)n(-c2ccc([N+](=O)[O-])cc2)n1. The Morgan fingerprint density at radius 2 is 1.64 bits per heavy atom. The van der Waals surface area contributed by atoms with Crippen molar-refractivity contribution in [3.8, 4) is 5.69 Å². The first-order valence-corrected chi connectivity index (χ1v) is 8.91. The fourth-order valence-corrected chi connectivity index (χ4v) is 3.07. The van der Waals surface area contributed by atoms with Crippen LogP contribution in [0.1, 0.15) is 16.1 Å². The first kappa shape index (κ1) is 19.4. The van der Waals surface area contributed by atoms with Crippen molar-refractivity contribution in [3.63, 3.8) is 0 Å². The molecule has 142 valence electrons. The van der Waals surface area contributed by atoms with Crippen LogP contribution < -0.4 is 5.32 Å². The Morgan fingerprint density at radius 3 is 2.25 bits per heavy atom. The van der Waals surface area contributed by atoms with E-state index in [1.54, 1.807) is 13.0 Å². The topological polar surface area (TPSA) is 133 Å². The first-order chi connectivity index (χ1) is 13.3. The van der Waals surface area contributed by atoms with Gasteiger partial charge in [0, 0.05) is 33.9 Å². The Balaban J connectivity index is 1.94. The van der Waals surface area contributed by atoms with Crippen LogP contribution >= 0.6 is 22.6 Å². The molecule has 3 rings (SSSR count). The molecule has 1 amide bonds. The van der Waals surface area contributed by atoms with Gasteiger partial charge in [-0.25, -0.2) is 4.68 Å². The number of benzene rings is 2. The third-order valence-corrected chi connectivity index (χ3v) is 4.72. The van der Waals surface area contributed by atoms with Crippen molar-refractivity contribution in [1.29, 1.82) is 0 Å². The Morgan fingerprint density at radius 1 is 1.04 bits per heavy atom. The summed E-state index contributed by atoms with van der Waals surface area (Å²) in [6.07, 6.45) is 0. The van der Waals surface area contributed by atoms with Gasteiger partial charge >= 0.3 is 0 Å². The molecule has 0 aliphatic heterocycles. The summed E-state index contributed by atoms with van der Waals surface area (Å²) in [4.78, 5) is 33.4. The highest BCUT2D eigenvalue weighted by Gasteiger charge is 2.18. The standard InChI is InChI=1S/C17H12IN5O5/c1-10-8-16(21(20-10)11-2-4-12(5-3-11)22(25)26)19-17(24)14-9-13(23(27)28)6-7-15(14)18/h2-9H,1H3,(H,19,24). The third kappa shape index (κ3) is 3.98. The van der Waals surface area contributed by atoms with Gasteiger partial charge in [0.25, 0.3) is 17.3 Å². The van der Waals surface area contributed by atoms with Crippen LogP contribution in [0.4, 0.5) is 17.2 Å². The maximum Gasteiger partial charge on any atom is 0.270 e. The van der Waals surface area contributed by atoms with Crippen LogP contribution in [-0.2, 0) is 0 Å². The average molecular weight is 493 g/mol. The van der Waals surface area contributed by atoms with Gasteiger partial charge in [0.1, 0.15) is 5.82 Å². The molecule has 3 aromatic rings.